The van der Waals surface area contributed by atoms with Crippen molar-refractivity contribution in [1.29, 1.82) is 0 Å². The Balaban J connectivity index is 2.25. The fourth-order valence-corrected chi connectivity index (χ4v) is 4.49. The zero-order chi connectivity index (χ0) is 22.1. The van der Waals surface area contributed by atoms with Gasteiger partial charge in [-0.3, -0.25) is 9.59 Å². The molecule has 1 aromatic rings. The van der Waals surface area contributed by atoms with Crippen molar-refractivity contribution in [3.63, 3.8) is 0 Å². The third-order valence-electron chi connectivity index (χ3n) is 7.09. The number of hydrogen-bond donors (Lipinski definition) is 3. The maximum atomic E-state index is 12.2. The molecule has 2 rings (SSSR count). The molecule has 4 atom stereocenters. The standard InChI is InChI=1S/C23H31ClO5/c1-12(19(27)10-23(5)13(2)7-9-18(26)15(23)4)6-8-16-21(28)17(11-25)14(3)20(24)22(16)29/h6,11,13,15,19,27-29H,7-10H2,1-5H3/t13-,15+,19-,23-/m1/s1. The number of halogens is 1. The van der Waals surface area contributed by atoms with Gasteiger partial charge in [0.05, 0.1) is 16.7 Å². The summed E-state index contributed by atoms with van der Waals surface area (Å²) in [7, 11) is 0. The van der Waals surface area contributed by atoms with E-state index >= 15 is 0 Å². The third-order valence-corrected chi connectivity index (χ3v) is 7.56. The minimum atomic E-state index is -0.758. The van der Waals surface area contributed by atoms with E-state index in [1.807, 2.05) is 6.92 Å². The van der Waals surface area contributed by atoms with Crippen LogP contribution in [0.4, 0.5) is 0 Å². The number of phenolic OH excluding ortho intramolecular Hbond substituents is 2. The van der Waals surface area contributed by atoms with Gasteiger partial charge in [0, 0.05) is 17.9 Å². The maximum absolute atomic E-state index is 12.2. The van der Waals surface area contributed by atoms with Gasteiger partial charge in [-0.2, -0.15) is 0 Å². The predicted molar refractivity (Wildman–Crippen MR) is 114 cm³/mol. The first-order valence-electron chi connectivity index (χ1n) is 10.0. The molecule has 6 heteroatoms. The van der Waals surface area contributed by atoms with Crippen LogP contribution in [0.5, 0.6) is 11.5 Å². The molecule has 160 valence electrons. The van der Waals surface area contributed by atoms with Gasteiger partial charge in [0.2, 0.25) is 0 Å². The second-order valence-electron chi connectivity index (χ2n) is 8.65. The van der Waals surface area contributed by atoms with Gasteiger partial charge in [-0.15, -0.1) is 0 Å². The van der Waals surface area contributed by atoms with Crippen molar-refractivity contribution in [2.24, 2.45) is 17.3 Å². The fraction of sp³-hybridized carbons (Fsp3) is 0.565. The Morgan fingerprint density at radius 1 is 1.31 bits per heavy atom. The minimum Gasteiger partial charge on any atom is -0.507 e. The highest BCUT2D eigenvalue weighted by atomic mass is 35.5. The summed E-state index contributed by atoms with van der Waals surface area (Å²) in [4.78, 5) is 23.5. The van der Waals surface area contributed by atoms with Crippen LogP contribution in [-0.4, -0.2) is 33.5 Å². The van der Waals surface area contributed by atoms with Gasteiger partial charge in [-0.25, -0.2) is 0 Å². The molecule has 29 heavy (non-hydrogen) atoms. The third kappa shape index (κ3) is 4.36. The number of carbonyl (C=O) groups is 2. The van der Waals surface area contributed by atoms with E-state index in [0.29, 0.717) is 36.2 Å². The highest BCUT2D eigenvalue weighted by Crippen LogP contribution is 2.47. The lowest BCUT2D eigenvalue weighted by molar-refractivity contribution is -0.133. The number of aldehydes is 1. The number of ketones is 1. The van der Waals surface area contributed by atoms with Crippen LogP contribution >= 0.6 is 11.6 Å². The van der Waals surface area contributed by atoms with E-state index in [0.717, 1.165) is 6.42 Å². The molecule has 0 aromatic heterocycles. The van der Waals surface area contributed by atoms with Crippen molar-refractivity contribution < 1.29 is 24.9 Å². The largest absolute Gasteiger partial charge is 0.507 e. The molecule has 1 aromatic carbocycles. The topological polar surface area (TPSA) is 94.8 Å². The van der Waals surface area contributed by atoms with Crippen LogP contribution in [-0.2, 0) is 11.2 Å². The Labute approximate surface area is 177 Å². The van der Waals surface area contributed by atoms with E-state index in [-0.39, 0.29) is 51.2 Å². The normalized spacial score (nSPS) is 26.4. The van der Waals surface area contributed by atoms with E-state index in [1.54, 1.807) is 19.9 Å². The molecule has 1 fully saturated rings. The van der Waals surface area contributed by atoms with Crippen molar-refractivity contribution >= 4 is 23.7 Å². The molecule has 0 aliphatic heterocycles. The molecule has 1 saturated carbocycles. The summed E-state index contributed by atoms with van der Waals surface area (Å²) in [5.41, 5.74) is 0.887. The Hall–Kier alpha value is -1.85. The average Bonchev–Trinajstić information content (AvgIpc) is 2.68. The predicted octanol–water partition coefficient (Wildman–Crippen LogP) is 4.75. The van der Waals surface area contributed by atoms with Gasteiger partial charge in [0.15, 0.2) is 6.29 Å². The van der Waals surface area contributed by atoms with Crippen LogP contribution in [0.15, 0.2) is 11.6 Å². The minimum absolute atomic E-state index is 0.0300. The summed E-state index contributed by atoms with van der Waals surface area (Å²) < 4.78 is 0. The number of carbonyl (C=O) groups excluding carboxylic acids is 2. The van der Waals surface area contributed by atoms with Gasteiger partial charge in [0.1, 0.15) is 17.3 Å². The monoisotopic (exact) mass is 422 g/mol. The maximum Gasteiger partial charge on any atom is 0.154 e. The first kappa shape index (κ1) is 23.4. The Morgan fingerprint density at radius 2 is 1.93 bits per heavy atom. The molecule has 0 amide bonds. The van der Waals surface area contributed by atoms with Crippen LogP contribution in [0.3, 0.4) is 0 Å². The average molecular weight is 423 g/mol. The van der Waals surface area contributed by atoms with Gasteiger partial charge in [-0.05, 0) is 55.6 Å². The van der Waals surface area contributed by atoms with Crippen molar-refractivity contribution in [3.05, 3.63) is 33.4 Å². The second-order valence-corrected chi connectivity index (χ2v) is 9.03. The van der Waals surface area contributed by atoms with Crippen LogP contribution in [0, 0.1) is 24.2 Å². The summed E-state index contributed by atoms with van der Waals surface area (Å²) in [6.45, 7) is 9.45. The number of rotatable bonds is 6. The summed E-state index contributed by atoms with van der Waals surface area (Å²) >= 11 is 6.09. The molecule has 1 aliphatic rings. The summed E-state index contributed by atoms with van der Waals surface area (Å²) in [5, 5.41) is 31.5. The smallest absolute Gasteiger partial charge is 0.154 e. The highest BCUT2D eigenvalue weighted by Gasteiger charge is 2.44. The Morgan fingerprint density at radius 3 is 2.52 bits per heavy atom. The van der Waals surface area contributed by atoms with Crippen LogP contribution in [0.25, 0.3) is 0 Å². The quantitative estimate of drug-likeness (QED) is 0.454. The molecule has 0 saturated heterocycles. The number of phenols is 2. The fourth-order valence-electron chi connectivity index (χ4n) is 4.27. The lowest BCUT2D eigenvalue weighted by Crippen LogP contribution is -2.43. The SMILES string of the molecule is CC(=CCc1c(O)c(Cl)c(C)c(C=O)c1O)[C@H](O)C[C@]1(C)[C@H](C)CCC(=O)[C@@H]1C. The molecule has 3 N–H and O–H groups in total. The molecule has 0 spiro atoms. The second kappa shape index (κ2) is 8.88. The number of aliphatic hydroxyl groups is 1. The van der Waals surface area contributed by atoms with Gasteiger partial charge >= 0.3 is 0 Å². The Kier molecular flexibility index (Phi) is 7.18. The Bertz CT molecular complexity index is 844. The lowest BCUT2D eigenvalue weighted by Gasteiger charge is -2.45. The zero-order valence-corrected chi connectivity index (χ0v) is 18.5. The number of aliphatic hydroxyl groups excluding tert-OH is 1. The molecule has 1 aliphatic carbocycles. The van der Waals surface area contributed by atoms with E-state index in [1.165, 1.54) is 0 Å². The van der Waals surface area contributed by atoms with Crippen LogP contribution < -0.4 is 0 Å². The van der Waals surface area contributed by atoms with Gasteiger partial charge < -0.3 is 15.3 Å². The molecular formula is C23H31ClO5. The zero-order valence-electron chi connectivity index (χ0n) is 17.8. The van der Waals surface area contributed by atoms with Crippen molar-refractivity contribution in [2.45, 2.75) is 66.4 Å². The van der Waals surface area contributed by atoms with E-state index in [4.69, 9.17) is 11.6 Å². The van der Waals surface area contributed by atoms with Gasteiger partial charge in [-0.1, -0.05) is 38.4 Å². The molecule has 0 heterocycles. The first-order chi connectivity index (χ1) is 13.5. The van der Waals surface area contributed by atoms with Crippen LogP contribution in [0.2, 0.25) is 5.02 Å². The van der Waals surface area contributed by atoms with E-state index < -0.39 is 6.10 Å². The summed E-state index contributed by atoms with van der Waals surface area (Å²) in [6.07, 6.45) is 3.45. The number of aromatic hydroxyl groups is 2. The summed E-state index contributed by atoms with van der Waals surface area (Å²) in [5.74, 6) is -0.127. The van der Waals surface area contributed by atoms with Crippen molar-refractivity contribution in [3.8, 4) is 11.5 Å². The molecular weight excluding hydrogens is 392 g/mol. The number of Topliss-reactive ketones (excluding diaryl/α,β-unsaturated/α-hetero) is 1. The molecule has 0 bridgehead atoms. The lowest BCUT2D eigenvalue weighted by atomic mass is 9.59. The van der Waals surface area contributed by atoms with Crippen LogP contribution in [0.1, 0.15) is 68.4 Å². The van der Waals surface area contributed by atoms with Gasteiger partial charge in [0.25, 0.3) is 0 Å². The number of allylic oxidation sites excluding steroid dienone is 1. The van der Waals surface area contributed by atoms with E-state index in [2.05, 4.69) is 13.8 Å². The highest BCUT2D eigenvalue weighted by molar-refractivity contribution is 6.33. The summed E-state index contributed by atoms with van der Waals surface area (Å²) in [6, 6.07) is 0. The van der Waals surface area contributed by atoms with E-state index in [9.17, 15) is 24.9 Å². The number of benzene rings is 1. The molecule has 5 nitrogen and oxygen atoms in total. The number of hydrogen-bond acceptors (Lipinski definition) is 5. The first-order valence-corrected chi connectivity index (χ1v) is 10.4. The molecule has 0 unspecified atom stereocenters. The van der Waals surface area contributed by atoms with Crippen molar-refractivity contribution in [2.75, 3.05) is 0 Å². The van der Waals surface area contributed by atoms with Crippen molar-refractivity contribution in [1.82, 2.24) is 0 Å². The molecule has 0 radical (unpaired) electrons.